The molecular formula is C17H16N4O2S2. The van der Waals surface area contributed by atoms with Gasteiger partial charge in [0.1, 0.15) is 15.2 Å². The Hall–Kier alpha value is -2.32. The molecule has 128 valence electrons. The molecule has 3 aromatic rings. The highest BCUT2D eigenvalue weighted by Crippen LogP contribution is 2.33. The van der Waals surface area contributed by atoms with Gasteiger partial charge in [-0.15, -0.1) is 11.3 Å². The molecule has 0 radical (unpaired) electrons. The van der Waals surface area contributed by atoms with E-state index in [4.69, 9.17) is 5.73 Å². The van der Waals surface area contributed by atoms with Gasteiger partial charge in [-0.2, -0.15) is 0 Å². The molecule has 0 atom stereocenters. The van der Waals surface area contributed by atoms with E-state index in [2.05, 4.69) is 9.97 Å². The SMILES string of the molecule is Nc1c(C(=O)N2CCS(=O)CC2)sc2nc(-c3ccccc3)cnc12. The van der Waals surface area contributed by atoms with Crippen LogP contribution in [-0.2, 0) is 10.8 Å². The van der Waals surface area contributed by atoms with Crippen molar-refractivity contribution in [3.63, 3.8) is 0 Å². The van der Waals surface area contributed by atoms with Gasteiger partial charge in [0.2, 0.25) is 0 Å². The van der Waals surface area contributed by atoms with Crippen LogP contribution in [0.25, 0.3) is 21.6 Å². The molecule has 0 spiro atoms. The Bertz CT molecular complexity index is 961. The van der Waals surface area contributed by atoms with Crippen LogP contribution in [-0.4, -0.2) is 49.6 Å². The Morgan fingerprint density at radius 1 is 1.20 bits per heavy atom. The fourth-order valence-electron chi connectivity index (χ4n) is 2.78. The molecular weight excluding hydrogens is 356 g/mol. The lowest BCUT2D eigenvalue weighted by Gasteiger charge is -2.25. The summed E-state index contributed by atoms with van der Waals surface area (Å²) in [6, 6.07) is 9.76. The van der Waals surface area contributed by atoms with E-state index in [-0.39, 0.29) is 5.91 Å². The fraction of sp³-hybridized carbons (Fsp3) is 0.235. The van der Waals surface area contributed by atoms with Crippen molar-refractivity contribution >= 4 is 44.1 Å². The Morgan fingerprint density at radius 2 is 1.92 bits per heavy atom. The van der Waals surface area contributed by atoms with Crippen molar-refractivity contribution in [1.29, 1.82) is 0 Å². The lowest BCUT2D eigenvalue weighted by molar-refractivity contribution is 0.0777. The van der Waals surface area contributed by atoms with Crippen LogP contribution >= 0.6 is 11.3 Å². The Kier molecular flexibility index (Phi) is 4.22. The summed E-state index contributed by atoms with van der Waals surface area (Å²) < 4.78 is 11.5. The standard InChI is InChI=1S/C17H16N4O2S2/c18-13-14-16(20-12(10-19-14)11-4-2-1-3-5-11)24-15(13)17(22)21-6-8-25(23)9-7-21/h1-5,10H,6-9,18H2. The van der Waals surface area contributed by atoms with Gasteiger partial charge in [0.05, 0.1) is 17.6 Å². The van der Waals surface area contributed by atoms with E-state index in [0.29, 0.717) is 45.5 Å². The van der Waals surface area contributed by atoms with Gasteiger partial charge in [0, 0.05) is 41.0 Å². The lowest BCUT2D eigenvalue weighted by atomic mass is 10.2. The second kappa shape index (κ2) is 6.53. The van der Waals surface area contributed by atoms with E-state index in [0.717, 1.165) is 11.3 Å². The van der Waals surface area contributed by atoms with Crippen molar-refractivity contribution in [3.8, 4) is 11.3 Å². The average molecular weight is 372 g/mol. The summed E-state index contributed by atoms with van der Waals surface area (Å²) in [5, 5.41) is 0. The van der Waals surface area contributed by atoms with Crippen molar-refractivity contribution in [2.75, 3.05) is 30.3 Å². The molecule has 2 N–H and O–H groups in total. The third-order valence-electron chi connectivity index (χ3n) is 4.17. The number of benzene rings is 1. The van der Waals surface area contributed by atoms with Crippen LogP contribution in [0.3, 0.4) is 0 Å². The number of carbonyl (C=O) groups is 1. The van der Waals surface area contributed by atoms with Gasteiger partial charge in [0.25, 0.3) is 5.91 Å². The number of carbonyl (C=O) groups excluding carboxylic acids is 1. The minimum atomic E-state index is -0.825. The molecule has 1 aliphatic heterocycles. The highest BCUT2D eigenvalue weighted by Gasteiger charge is 2.26. The minimum absolute atomic E-state index is 0.125. The maximum Gasteiger partial charge on any atom is 0.266 e. The van der Waals surface area contributed by atoms with Crippen molar-refractivity contribution in [1.82, 2.24) is 14.9 Å². The summed E-state index contributed by atoms with van der Waals surface area (Å²) in [4.78, 5) is 24.6. The zero-order valence-electron chi connectivity index (χ0n) is 13.3. The maximum atomic E-state index is 12.8. The molecule has 6 nitrogen and oxygen atoms in total. The summed E-state index contributed by atoms with van der Waals surface area (Å²) in [7, 11) is -0.825. The number of hydrogen-bond acceptors (Lipinski definition) is 6. The average Bonchev–Trinajstić information content (AvgIpc) is 2.98. The zero-order valence-corrected chi connectivity index (χ0v) is 15.0. The van der Waals surface area contributed by atoms with E-state index >= 15 is 0 Å². The summed E-state index contributed by atoms with van der Waals surface area (Å²) in [5.41, 5.74) is 8.82. The van der Waals surface area contributed by atoms with Gasteiger partial charge in [-0.1, -0.05) is 30.3 Å². The van der Waals surface area contributed by atoms with E-state index in [9.17, 15) is 9.00 Å². The quantitative estimate of drug-likeness (QED) is 0.744. The molecule has 2 aromatic heterocycles. The first kappa shape index (κ1) is 16.2. The maximum absolute atomic E-state index is 12.8. The van der Waals surface area contributed by atoms with Crippen LogP contribution in [0.5, 0.6) is 0 Å². The van der Waals surface area contributed by atoms with Crippen molar-refractivity contribution in [3.05, 3.63) is 41.4 Å². The van der Waals surface area contributed by atoms with Crippen LogP contribution < -0.4 is 5.73 Å². The monoisotopic (exact) mass is 372 g/mol. The van der Waals surface area contributed by atoms with Crippen LogP contribution in [0.4, 0.5) is 5.69 Å². The van der Waals surface area contributed by atoms with E-state index in [1.54, 1.807) is 11.1 Å². The normalized spacial score (nSPS) is 15.6. The molecule has 25 heavy (non-hydrogen) atoms. The third kappa shape index (κ3) is 3.03. The number of nitrogens with two attached hydrogens (primary N) is 1. The molecule has 4 rings (SSSR count). The molecule has 1 aromatic carbocycles. The molecule has 1 fully saturated rings. The van der Waals surface area contributed by atoms with Gasteiger partial charge in [0.15, 0.2) is 0 Å². The molecule has 1 amide bonds. The van der Waals surface area contributed by atoms with Crippen molar-refractivity contribution < 1.29 is 9.00 Å². The van der Waals surface area contributed by atoms with E-state index in [1.165, 1.54) is 11.3 Å². The number of rotatable bonds is 2. The van der Waals surface area contributed by atoms with Gasteiger partial charge in [-0.05, 0) is 0 Å². The summed E-state index contributed by atoms with van der Waals surface area (Å²) >= 11 is 1.27. The predicted molar refractivity (Wildman–Crippen MR) is 101 cm³/mol. The number of fused-ring (bicyclic) bond motifs is 1. The fourth-order valence-corrected chi connectivity index (χ4v) is 4.85. The van der Waals surface area contributed by atoms with Crippen molar-refractivity contribution in [2.45, 2.75) is 0 Å². The molecule has 0 unspecified atom stereocenters. The number of nitrogens with zero attached hydrogens (tertiary/aromatic N) is 3. The highest BCUT2D eigenvalue weighted by molar-refractivity contribution is 7.85. The Labute approximate surface area is 151 Å². The largest absolute Gasteiger partial charge is 0.396 e. The molecule has 1 saturated heterocycles. The first-order valence-corrected chi connectivity index (χ1v) is 10.2. The Balaban J connectivity index is 1.70. The van der Waals surface area contributed by atoms with E-state index < -0.39 is 10.8 Å². The van der Waals surface area contributed by atoms with Crippen LogP contribution in [0.2, 0.25) is 0 Å². The Morgan fingerprint density at radius 3 is 2.64 bits per heavy atom. The number of nitrogen functional groups attached to an aromatic ring is 1. The zero-order chi connectivity index (χ0) is 17.4. The second-order valence-corrected chi connectivity index (χ2v) is 8.46. The second-order valence-electron chi connectivity index (χ2n) is 5.76. The van der Waals surface area contributed by atoms with Gasteiger partial charge in [-0.3, -0.25) is 9.00 Å². The highest BCUT2D eigenvalue weighted by atomic mass is 32.2. The molecule has 8 heteroatoms. The van der Waals surface area contributed by atoms with E-state index in [1.807, 2.05) is 30.3 Å². The predicted octanol–water partition coefficient (Wildman–Crippen LogP) is 2.15. The number of anilines is 1. The smallest absolute Gasteiger partial charge is 0.266 e. The molecule has 3 heterocycles. The number of hydrogen-bond donors (Lipinski definition) is 1. The molecule has 0 saturated carbocycles. The van der Waals surface area contributed by atoms with Gasteiger partial charge in [-0.25, -0.2) is 9.97 Å². The summed E-state index contributed by atoms with van der Waals surface area (Å²) in [6.45, 7) is 0.991. The molecule has 0 bridgehead atoms. The summed E-state index contributed by atoms with van der Waals surface area (Å²) in [6.07, 6.45) is 1.68. The van der Waals surface area contributed by atoms with Crippen LogP contribution in [0.15, 0.2) is 36.5 Å². The van der Waals surface area contributed by atoms with Crippen LogP contribution in [0.1, 0.15) is 9.67 Å². The number of aromatic nitrogens is 2. The third-order valence-corrected chi connectivity index (χ3v) is 6.52. The first-order chi connectivity index (χ1) is 12.1. The van der Waals surface area contributed by atoms with Gasteiger partial charge < -0.3 is 10.6 Å². The molecule has 0 aliphatic carbocycles. The first-order valence-electron chi connectivity index (χ1n) is 7.88. The topological polar surface area (TPSA) is 89.2 Å². The summed E-state index contributed by atoms with van der Waals surface area (Å²) in [5.74, 6) is 0.913. The number of amides is 1. The molecule has 1 aliphatic rings. The lowest BCUT2D eigenvalue weighted by Crippen LogP contribution is -2.41. The van der Waals surface area contributed by atoms with Crippen molar-refractivity contribution in [2.24, 2.45) is 0 Å². The number of thiophene rings is 1. The minimum Gasteiger partial charge on any atom is -0.396 e. The van der Waals surface area contributed by atoms with Gasteiger partial charge >= 0.3 is 0 Å². The van der Waals surface area contributed by atoms with Crippen LogP contribution in [0, 0.1) is 0 Å².